The fourth-order valence-electron chi connectivity index (χ4n) is 4.41. The van der Waals surface area contributed by atoms with Crippen LogP contribution in [-0.4, -0.2) is 60.7 Å². The Morgan fingerprint density at radius 2 is 1.97 bits per heavy atom. The first-order chi connectivity index (χ1) is 15.3. The van der Waals surface area contributed by atoms with Gasteiger partial charge in [0.1, 0.15) is 17.4 Å². The van der Waals surface area contributed by atoms with Crippen LogP contribution in [-0.2, 0) is 13.0 Å². The van der Waals surface area contributed by atoms with Crippen molar-refractivity contribution in [2.45, 2.75) is 19.4 Å². The fourth-order valence-corrected chi connectivity index (χ4v) is 4.41. The molecule has 0 saturated carbocycles. The van der Waals surface area contributed by atoms with Gasteiger partial charge in [0, 0.05) is 57.4 Å². The van der Waals surface area contributed by atoms with Crippen LogP contribution in [0.2, 0.25) is 0 Å². The molecule has 1 N–H and O–H groups in total. The quantitative estimate of drug-likeness (QED) is 0.618. The lowest BCUT2D eigenvalue weighted by Crippen LogP contribution is -2.48. The van der Waals surface area contributed by atoms with Crippen LogP contribution >= 0.6 is 0 Å². The third-order valence-electron chi connectivity index (χ3n) is 6.14. The monoisotopic (exact) mass is 421 g/mol. The lowest BCUT2D eigenvalue weighted by Gasteiger charge is -2.35. The van der Waals surface area contributed by atoms with Gasteiger partial charge < -0.3 is 15.0 Å². The largest absolute Gasteiger partial charge is 0.492 e. The Kier molecular flexibility index (Phi) is 5.95. The first kappa shape index (κ1) is 20.2. The van der Waals surface area contributed by atoms with Crippen molar-refractivity contribution >= 4 is 16.6 Å². The van der Waals surface area contributed by atoms with E-state index >= 15 is 0 Å². The van der Waals surface area contributed by atoms with Gasteiger partial charge in [-0.05, 0) is 48.1 Å². The van der Waals surface area contributed by atoms with E-state index in [1.165, 1.54) is 11.6 Å². The number of benzene rings is 1. The number of anilines is 1. The number of aryl methyl sites for hydroxylation is 1. The van der Waals surface area contributed by atoms with E-state index in [4.69, 9.17) is 4.74 Å². The summed E-state index contributed by atoms with van der Waals surface area (Å²) < 4.78 is 19.4. The summed E-state index contributed by atoms with van der Waals surface area (Å²) in [6.45, 7) is 7.25. The molecule has 6 nitrogen and oxygen atoms in total. The zero-order valence-corrected chi connectivity index (χ0v) is 17.7. The molecule has 1 saturated heterocycles. The Bertz CT molecular complexity index is 1050. The molecular weight excluding hydrogens is 393 g/mol. The maximum Gasteiger partial charge on any atom is 0.140 e. The zero-order chi connectivity index (χ0) is 21.0. The van der Waals surface area contributed by atoms with Crippen molar-refractivity contribution < 1.29 is 9.13 Å². The van der Waals surface area contributed by atoms with Crippen molar-refractivity contribution in [1.29, 1.82) is 0 Å². The Hall–Kier alpha value is -2.77. The number of nitrogens with one attached hydrogen (secondary N) is 1. The Balaban J connectivity index is 1.10. The smallest absolute Gasteiger partial charge is 0.140 e. The Morgan fingerprint density at radius 1 is 1.06 bits per heavy atom. The van der Waals surface area contributed by atoms with E-state index < -0.39 is 0 Å². The molecule has 2 aliphatic heterocycles. The molecule has 0 amide bonds. The lowest BCUT2D eigenvalue weighted by molar-refractivity contribution is 0.257. The first-order valence-electron chi connectivity index (χ1n) is 11.1. The van der Waals surface area contributed by atoms with Crippen LogP contribution in [0.1, 0.15) is 17.7 Å². The van der Waals surface area contributed by atoms with Crippen molar-refractivity contribution in [3.05, 3.63) is 59.8 Å². The molecule has 0 aliphatic carbocycles. The maximum absolute atomic E-state index is 13.8. The van der Waals surface area contributed by atoms with E-state index in [-0.39, 0.29) is 5.82 Å². The molecule has 4 heterocycles. The highest BCUT2D eigenvalue weighted by molar-refractivity contribution is 5.92. The number of hydrogen-bond donors (Lipinski definition) is 1. The van der Waals surface area contributed by atoms with Gasteiger partial charge in [-0.15, -0.1) is 0 Å². The van der Waals surface area contributed by atoms with Crippen molar-refractivity contribution in [1.82, 2.24) is 20.2 Å². The van der Waals surface area contributed by atoms with Gasteiger partial charge in [0.2, 0.25) is 0 Å². The van der Waals surface area contributed by atoms with E-state index in [0.29, 0.717) is 0 Å². The van der Waals surface area contributed by atoms with Gasteiger partial charge in [-0.3, -0.25) is 9.88 Å². The lowest BCUT2D eigenvalue weighted by atomic mass is 10.1. The number of ether oxygens (including phenoxy) is 1. The number of rotatable bonds is 6. The zero-order valence-electron chi connectivity index (χ0n) is 17.7. The normalized spacial score (nSPS) is 16.9. The molecule has 2 aromatic heterocycles. The fraction of sp³-hybridized carbons (Fsp3) is 0.417. The molecular formula is C24H28FN5O. The minimum atomic E-state index is -0.215. The second-order valence-corrected chi connectivity index (χ2v) is 8.24. The summed E-state index contributed by atoms with van der Waals surface area (Å²) in [5.74, 6) is 1.61. The maximum atomic E-state index is 13.8. The van der Waals surface area contributed by atoms with Crippen LogP contribution < -0.4 is 15.0 Å². The Morgan fingerprint density at radius 3 is 2.87 bits per heavy atom. The number of pyridine rings is 2. The molecule has 0 radical (unpaired) electrons. The number of aromatic nitrogens is 2. The molecule has 0 bridgehead atoms. The van der Waals surface area contributed by atoms with Gasteiger partial charge in [-0.1, -0.05) is 6.07 Å². The van der Waals surface area contributed by atoms with Crippen molar-refractivity contribution in [3.8, 4) is 5.75 Å². The van der Waals surface area contributed by atoms with Crippen molar-refractivity contribution in [2.75, 3.05) is 50.8 Å². The van der Waals surface area contributed by atoms with Gasteiger partial charge in [-0.2, -0.15) is 0 Å². The van der Waals surface area contributed by atoms with E-state index in [1.807, 2.05) is 24.5 Å². The molecule has 2 aliphatic rings. The van der Waals surface area contributed by atoms with E-state index in [2.05, 4.69) is 31.2 Å². The highest BCUT2D eigenvalue weighted by Crippen LogP contribution is 2.26. The summed E-state index contributed by atoms with van der Waals surface area (Å²) in [7, 11) is 0. The molecule has 3 aromatic rings. The van der Waals surface area contributed by atoms with Gasteiger partial charge >= 0.3 is 0 Å². The van der Waals surface area contributed by atoms with Gasteiger partial charge in [0.25, 0.3) is 0 Å². The van der Waals surface area contributed by atoms with Crippen molar-refractivity contribution in [3.63, 3.8) is 0 Å². The van der Waals surface area contributed by atoms with Crippen LogP contribution in [0.25, 0.3) is 10.8 Å². The average molecular weight is 422 g/mol. The van der Waals surface area contributed by atoms with Crippen LogP contribution in [0.3, 0.4) is 0 Å². The summed E-state index contributed by atoms with van der Waals surface area (Å²) in [5.41, 5.74) is 2.35. The molecule has 0 unspecified atom stereocenters. The van der Waals surface area contributed by atoms with Crippen LogP contribution in [0, 0.1) is 5.82 Å². The van der Waals surface area contributed by atoms with Gasteiger partial charge in [0.05, 0.1) is 18.5 Å². The number of nitrogens with zero attached hydrogens (tertiary/aromatic N) is 4. The predicted octanol–water partition coefficient (Wildman–Crippen LogP) is 3.01. The SMILES string of the molecule is Fc1ccc2ccnc(N3CCN(CCNCc4cc5c(cn4)OCCC5)CC3)c2c1. The van der Waals surface area contributed by atoms with Crippen LogP contribution in [0.15, 0.2) is 42.7 Å². The molecule has 5 rings (SSSR count). The summed E-state index contributed by atoms with van der Waals surface area (Å²) >= 11 is 0. The standard InChI is InChI=1S/C24H28FN5O/c25-20-4-3-18-5-6-27-24(22(18)15-20)30-11-9-29(10-12-30)8-7-26-16-21-14-19-2-1-13-31-23(19)17-28-21/h3-6,14-15,17,26H,1-2,7-13,16H2. The number of piperazine rings is 1. The molecule has 0 atom stereocenters. The molecule has 7 heteroatoms. The molecule has 1 aromatic carbocycles. The van der Waals surface area contributed by atoms with Crippen LogP contribution in [0.5, 0.6) is 5.75 Å². The number of fused-ring (bicyclic) bond motifs is 2. The van der Waals surface area contributed by atoms with Gasteiger partial charge in [-0.25, -0.2) is 9.37 Å². The summed E-state index contributed by atoms with van der Waals surface area (Å²) in [4.78, 5) is 13.8. The van der Waals surface area contributed by atoms with Gasteiger partial charge in [0.15, 0.2) is 0 Å². The van der Waals surface area contributed by atoms with E-state index in [1.54, 1.807) is 6.07 Å². The molecule has 162 valence electrons. The second-order valence-electron chi connectivity index (χ2n) is 8.24. The first-order valence-corrected chi connectivity index (χ1v) is 11.1. The Labute approximate surface area is 182 Å². The topological polar surface area (TPSA) is 53.5 Å². The average Bonchev–Trinajstić information content (AvgIpc) is 2.82. The predicted molar refractivity (Wildman–Crippen MR) is 120 cm³/mol. The minimum absolute atomic E-state index is 0.215. The highest BCUT2D eigenvalue weighted by atomic mass is 19.1. The van der Waals surface area contributed by atoms with E-state index in [0.717, 1.165) is 93.3 Å². The molecule has 1 fully saturated rings. The summed E-state index contributed by atoms with van der Waals surface area (Å²) in [6, 6.07) is 9.02. The van der Waals surface area contributed by atoms with E-state index in [9.17, 15) is 4.39 Å². The summed E-state index contributed by atoms with van der Waals surface area (Å²) in [5, 5.41) is 5.43. The molecule has 31 heavy (non-hydrogen) atoms. The number of hydrogen-bond acceptors (Lipinski definition) is 6. The third kappa shape index (κ3) is 4.62. The minimum Gasteiger partial charge on any atom is -0.492 e. The highest BCUT2D eigenvalue weighted by Gasteiger charge is 2.19. The number of halogens is 1. The summed E-state index contributed by atoms with van der Waals surface area (Å²) in [6.07, 6.45) is 5.83. The van der Waals surface area contributed by atoms with Crippen LogP contribution in [0.4, 0.5) is 10.2 Å². The molecule has 0 spiro atoms. The second kappa shape index (κ2) is 9.16. The third-order valence-corrected chi connectivity index (χ3v) is 6.14. The van der Waals surface area contributed by atoms with Crippen molar-refractivity contribution in [2.24, 2.45) is 0 Å².